The first-order chi connectivity index (χ1) is 11.3. The van der Waals surface area contributed by atoms with Gasteiger partial charge in [-0.2, -0.15) is 0 Å². The van der Waals surface area contributed by atoms with Gasteiger partial charge in [0, 0.05) is 10.9 Å². The van der Waals surface area contributed by atoms with Crippen LogP contribution in [-0.4, -0.2) is 20.0 Å². The number of benzene rings is 2. The SMILES string of the molecule is Nc1nn(-c2ccccc2)nc1-c1nc(-c2ccccc2)cs1. The molecule has 0 spiro atoms. The molecule has 2 aromatic carbocycles. The Kier molecular flexibility index (Phi) is 3.36. The zero-order chi connectivity index (χ0) is 15.6. The molecule has 0 atom stereocenters. The van der Waals surface area contributed by atoms with Crippen molar-refractivity contribution in [2.75, 3.05) is 5.73 Å². The number of aromatic nitrogens is 4. The molecule has 0 aliphatic rings. The van der Waals surface area contributed by atoms with Crippen molar-refractivity contribution in [3.63, 3.8) is 0 Å². The summed E-state index contributed by atoms with van der Waals surface area (Å²) in [5, 5.41) is 11.5. The van der Waals surface area contributed by atoms with Gasteiger partial charge in [0.05, 0.1) is 11.4 Å². The van der Waals surface area contributed by atoms with Gasteiger partial charge in [0.1, 0.15) is 5.01 Å². The lowest BCUT2D eigenvalue weighted by Gasteiger charge is -1.96. The average Bonchev–Trinajstić information content (AvgIpc) is 3.23. The van der Waals surface area contributed by atoms with Crippen molar-refractivity contribution < 1.29 is 0 Å². The summed E-state index contributed by atoms with van der Waals surface area (Å²) in [6.07, 6.45) is 0. The van der Waals surface area contributed by atoms with Gasteiger partial charge in [-0.1, -0.05) is 48.5 Å². The van der Waals surface area contributed by atoms with Crippen molar-refractivity contribution in [2.24, 2.45) is 0 Å². The first-order valence-electron chi connectivity index (χ1n) is 7.11. The number of hydrogen-bond donors (Lipinski definition) is 1. The average molecular weight is 319 g/mol. The van der Waals surface area contributed by atoms with Crippen LogP contribution in [0.15, 0.2) is 66.0 Å². The van der Waals surface area contributed by atoms with Gasteiger partial charge in [0.2, 0.25) is 0 Å². The zero-order valence-corrected chi connectivity index (χ0v) is 12.9. The van der Waals surface area contributed by atoms with Crippen molar-refractivity contribution in [3.05, 3.63) is 66.0 Å². The van der Waals surface area contributed by atoms with Crippen LogP contribution in [0.5, 0.6) is 0 Å². The second-order valence-electron chi connectivity index (χ2n) is 4.96. The third-order valence-electron chi connectivity index (χ3n) is 3.40. The summed E-state index contributed by atoms with van der Waals surface area (Å²) in [4.78, 5) is 6.18. The van der Waals surface area contributed by atoms with Crippen molar-refractivity contribution in [3.8, 4) is 27.6 Å². The smallest absolute Gasteiger partial charge is 0.177 e. The topological polar surface area (TPSA) is 69.6 Å². The van der Waals surface area contributed by atoms with Gasteiger partial charge in [-0.05, 0) is 12.1 Å². The molecule has 2 aromatic heterocycles. The van der Waals surface area contributed by atoms with E-state index in [-0.39, 0.29) is 0 Å². The van der Waals surface area contributed by atoms with Crippen LogP contribution in [0.4, 0.5) is 5.82 Å². The molecule has 2 N–H and O–H groups in total. The number of anilines is 1. The number of nitrogens with zero attached hydrogens (tertiary/aromatic N) is 4. The molecule has 0 radical (unpaired) electrons. The molecule has 0 unspecified atom stereocenters. The van der Waals surface area contributed by atoms with Crippen molar-refractivity contribution in [1.82, 2.24) is 20.0 Å². The Labute approximate surface area is 137 Å². The maximum atomic E-state index is 6.03. The summed E-state index contributed by atoms with van der Waals surface area (Å²) < 4.78 is 0. The number of thiazole rings is 1. The van der Waals surface area contributed by atoms with Gasteiger partial charge < -0.3 is 5.73 Å². The van der Waals surface area contributed by atoms with Crippen LogP contribution in [0.1, 0.15) is 0 Å². The molecule has 0 aliphatic carbocycles. The Morgan fingerprint density at radius 1 is 0.870 bits per heavy atom. The Morgan fingerprint density at radius 3 is 2.30 bits per heavy atom. The zero-order valence-electron chi connectivity index (χ0n) is 12.1. The number of rotatable bonds is 3. The molecule has 6 heteroatoms. The molecule has 0 bridgehead atoms. The third kappa shape index (κ3) is 2.60. The first-order valence-corrected chi connectivity index (χ1v) is 7.99. The molecular formula is C17H13N5S. The largest absolute Gasteiger partial charge is 0.380 e. The molecule has 2 heterocycles. The predicted molar refractivity (Wildman–Crippen MR) is 92.3 cm³/mol. The monoisotopic (exact) mass is 319 g/mol. The molecule has 0 fully saturated rings. The number of para-hydroxylation sites is 1. The predicted octanol–water partition coefficient (Wildman–Crippen LogP) is 3.64. The highest BCUT2D eigenvalue weighted by atomic mass is 32.1. The fourth-order valence-corrected chi connectivity index (χ4v) is 3.09. The van der Waals surface area contributed by atoms with Crippen LogP contribution in [-0.2, 0) is 0 Å². The Balaban J connectivity index is 1.72. The highest BCUT2D eigenvalue weighted by Crippen LogP contribution is 2.30. The summed E-state index contributed by atoms with van der Waals surface area (Å²) in [6.45, 7) is 0. The van der Waals surface area contributed by atoms with Crippen molar-refractivity contribution >= 4 is 17.2 Å². The van der Waals surface area contributed by atoms with Crippen LogP contribution in [0.25, 0.3) is 27.6 Å². The van der Waals surface area contributed by atoms with Gasteiger partial charge in [-0.3, -0.25) is 0 Å². The van der Waals surface area contributed by atoms with E-state index in [1.165, 1.54) is 16.1 Å². The highest BCUT2D eigenvalue weighted by Gasteiger charge is 2.15. The molecule has 0 saturated heterocycles. The molecule has 4 aromatic rings. The molecule has 0 aliphatic heterocycles. The molecule has 0 amide bonds. The van der Waals surface area contributed by atoms with E-state index in [0.717, 1.165) is 22.0 Å². The van der Waals surface area contributed by atoms with Crippen molar-refractivity contribution in [1.29, 1.82) is 0 Å². The van der Waals surface area contributed by atoms with Crippen LogP contribution in [0.2, 0.25) is 0 Å². The van der Waals surface area contributed by atoms with E-state index >= 15 is 0 Å². The summed E-state index contributed by atoms with van der Waals surface area (Å²) in [5.74, 6) is 0.378. The standard InChI is InChI=1S/C17H13N5S/c18-16-15(20-22(21-16)13-9-5-2-6-10-13)17-19-14(11-23-17)12-7-3-1-4-8-12/h1-11H,(H2,18,21). The summed E-state index contributed by atoms with van der Waals surface area (Å²) >= 11 is 1.51. The Morgan fingerprint density at radius 2 is 1.57 bits per heavy atom. The van der Waals surface area contributed by atoms with E-state index in [0.29, 0.717) is 11.5 Å². The maximum Gasteiger partial charge on any atom is 0.177 e. The minimum atomic E-state index is 0.378. The summed E-state index contributed by atoms with van der Waals surface area (Å²) in [6, 6.07) is 19.7. The summed E-state index contributed by atoms with van der Waals surface area (Å²) in [7, 11) is 0. The minimum Gasteiger partial charge on any atom is -0.380 e. The van der Waals surface area contributed by atoms with Gasteiger partial charge >= 0.3 is 0 Å². The molecule has 0 saturated carbocycles. The third-order valence-corrected chi connectivity index (χ3v) is 4.25. The fraction of sp³-hybridized carbons (Fsp3) is 0. The quantitative estimate of drug-likeness (QED) is 0.626. The second-order valence-corrected chi connectivity index (χ2v) is 5.82. The number of nitrogen functional groups attached to an aromatic ring is 1. The molecule has 112 valence electrons. The Bertz CT molecular complexity index is 928. The second kappa shape index (κ2) is 5.66. The molecule has 4 rings (SSSR count). The van der Waals surface area contributed by atoms with Crippen LogP contribution in [0, 0.1) is 0 Å². The molecule has 23 heavy (non-hydrogen) atoms. The van der Waals surface area contributed by atoms with E-state index in [9.17, 15) is 0 Å². The normalized spacial score (nSPS) is 10.8. The van der Waals surface area contributed by atoms with E-state index in [1.807, 2.05) is 66.0 Å². The minimum absolute atomic E-state index is 0.378. The molecule has 5 nitrogen and oxygen atoms in total. The number of hydrogen-bond acceptors (Lipinski definition) is 5. The van der Waals surface area contributed by atoms with E-state index in [2.05, 4.69) is 15.2 Å². The Hall–Kier alpha value is -2.99. The van der Waals surface area contributed by atoms with Gasteiger partial charge in [0.25, 0.3) is 0 Å². The first kappa shape index (κ1) is 13.7. The van der Waals surface area contributed by atoms with Gasteiger partial charge in [0.15, 0.2) is 11.5 Å². The van der Waals surface area contributed by atoms with Crippen molar-refractivity contribution in [2.45, 2.75) is 0 Å². The van der Waals surface area contributed by atoms with E-state index in [1.54, 1.807) is 0 Å². The highest BCUT2D eigenvalue weighted by molar-refractivity contribution is 7.13. The molecular weight excluding hydrogens is 306 g/mol. The van der Waals surface area contributed by atoms with Crippen LogP contribution in [0.3, 0.4) is 0 Å². The van der Waals surface area contributed by atoms with E-state index < -0.39 is 0 Å². The lowest BCUT2D eigenvalue weighted by molar-refractivity contribution is 0.756. The van der Waals surface area contributed by atoms with Gasteiger partial charge in [-0.15, -0.1) is 26.3 Å². The van der Waals surface area contributed by atoms with E-state index in [4.69, 9.17) is 5.73 Å². The van der Waals surface area contributed by atoms with Crippen LogP contribution >= 0.6 is 11.3 Å². The number of nitrogens with two attached hydrogens (primary N) is 1. The maximum absolute atomic E-state index is 6.03. The lowest BCUT2D eigenvalue weighted by Crippen LogP contribution is -1.98. The van der Waals surface area contributed by atoms with Crippen LogP contribution < -0.4 is 5.73 Å². The fourth-order valence-electron chi connectivity index (χ4n) is 2.27. The summed E-state index contributed by atoms with van der Waals surface area (Å²) in [5.41, 5.74) is 9.50. The van der Waals surface area contributed by atoms with Gasteiger partial charge in [-0.25, -0.2) is 4.98 Å². The lowest BCUT2D eigenvalue weighted by atomic mass is 10.2.